The highest BCUT2D eigenvalue weighted by Crippen LogP contribution is 2.22. The van der Waals surface area contributed by atoms with Crippen molar-refractivity contribution in [3.05, 3.63) is 6.07 Å². The van der Waals surface area contributed by atoms with Crippen molar-refractivity contribution >= 4 is 23.4 Å². The van der Waals surface area contributed by atoms with Gasteiger partial charge in [0, 0.05) is 12.6 Å². The van der Waals surface area contributed by atoms with E-state index in [4.69, 9.17) is 5.73 Å². The lowest BCUT2D eigenvalue weighted by Gasteiger charge is -2.25. The van der Waals surface area contributed by atoms with Crippen LogP contribution in [0.1, 0.15) is 27.7 Å². The average molecular weight is 268 g/mol. The summed E-state index contributed by atoms with van der Waals surface area (Å²) in [4.78, 5) is 8.54. The van der Waals surface area contributed by atoms with Gasteiger partial charge >= 0.3 is 0 Å². The van der Waals surface area contributed by atoms with E-state index in [1.54, 1.807) is 6.07 Å². The van der Waals surface area contributed by atoms with Gasteiger partial charge in [-0.1, -0.05) is 39.5 Å². The molecule has 3 N–H and O–H groups in total. The second kappa shape index (κ2) is 6.83. The summed E-state index contributed by atoms with van der Waals surface area (Å²) in [5, 5.41) is 4.09. The molecule has 0 spiro atoms. The van der Waals surface area contributed by atoms with Gasteiger partial charge in [-0.05, 0) is 24.0 Å². The number of nitrogens with one attached hydrogen (secondary N) is 1. The SMILES string of the molecule is CSc1nc(N)cc(NCC(C(C)C)C(C)C)n1. The number of thioether (sulfide) groups is 1. The van der Waals surface area contributed by atoms with E-state index in [9.17, 15) is 0 Å². The van der Waals surface area contributed by atoms with E-state index in [1.165, 1.54) is 11.8 Å². The zero-order valence-corrected chi connectivity index (χ0v) is 12.7. The molecule has 0 bridgehead atoms. The molecule has 0 saturated carbocycles. The lowest BCUT2D eigenvalue weighted by atomic mass is 9.85. The van der Waals surface area contributed by atoms with Gasteiger partial charge in [-0.2, -0.15) is 0 Å². The maximum absolute atomic E-state index is 5.76. The van der Waals surface area contributed by atoms with Crippen LogP contribution in [0.2, 0.25) is 0 Å². The van der Waals surface area contributed by atoms with Crippen molar-refractivity contribution in [1.82, 2.24) is 9.97 Å². The molecule has 0 fully saturated rings. The van der Waals surface area contributed by atoms with Crippen LogP contribution in [0.3, 0.4) is 0 Å². The minimum absolute atomic E-state index is 0.516. The molecule has 0 unspecified atom stereocenters. The second-order valence-electron chi connectivity index (χ2n) is 5.20. The summed E-state index contributed by atoms with van der Waals surface area (Å²) in [5.41, 5.74) is 5.76. The highest BCUT2D eigenvalue weighted by Gasteiger charge is 2.17. The molecule has 0 saturated heterocycles. The zero-order chi connectivity index (χ0) is 13.7. The highest BCUT2D eigenvalue weighted by molar-refractivity contribution is 7.98. The monoisotopic (exact) mass is 268 g/mol. The van der Waals surface area contributed by atoms with E-state index < -0.39 is 0 Å². The summed E-state index contributed by atoms with van der Waals surface area (Å²) >= 11 is 1.50. The van der Waals surface area contributed by atoms with E-state index >= 15 is 0 Å². The van der Waals surface area contributed by atoms with Crippen molar-refractivity contribution in [3.63, 3.8) is 0 Å². The summed E-state index contributed by atoms with van der Waals surface area (Å²) in [6.07, 6.45) is 1.95. The van der Waals surface area contributed by atoms with Gasteiger partial charge in [-0.3, -0.25) is 0 Å². The number of nitrogens with two attached hydrogens (primary N) is 1. The summed E-state index contributed by atoms with van der Waals surface area (Å²) in [5.74, 6) is 3.26. The molecule has 0 aliphatic carbocycles. The Balaban J connectivity index is 2.70. The Morgan fingerprint density at radius 1 is 1.22 bits per heavy atom. The molecule has 1 rings (SSSR count). The van der Waals surface area contributed by atoms with Crippen molar-refractivity contribution in [2.45, 2.75) is 32.9 Å². The van der Waals surface area contributed by atoms with Crippen LogP contribution in [0.15, 0.2) is 11.2 Å². The van der Waals surface area contributed by atoms with Gasteiger partial charge in [0.05, 0.1) is 0 Å². The first-order valence-corrected chi connectivity index (χ1v) is 7.59. The van der Waals surface area contributed by atoms with E-state index in [1.807, 2.05) is 6.26 Å². The number of nitrogen functional groups attached to an aromatic ring is 1. The molecule has 0 amide bonds. The largest absolute Gasteiger partial charge is 0.383 e. The number of hydrogen-bond donors (Lipinski definition) is 2. The van der Waals surface area contributed by atoms with E-state index in [0.29, 0.717) is 28.7 Å². The van der Waals surface area contributed by atoms with Crippen LogP contribution in [0, 0.1) is 17.8 Å². The highest BCUT2D eigenvalue weighted by atomic mass is 32.2. The average Bonchev–Trinajstić information content (AvgIpc) is 2.27. The Morgan fingerprint density at radius 3 is 2.33 bits per heavy atom. The second-order valence-corrected chi connectivity index (χ2v) is 5.97. The molecule has 1 heterocycles. The van der Waals surface area contributed by atoms with Gasteiger partial charge < -0.3 is 11.1 Å². The van der Waals surface area contributed by atoms with Gasteiger partial charge in [-0.25, -0.2) is 9.97 Å². The first-order valence-electron chi connectivity index (χ1n) is 6.36. The van der Waals surface area contributed by atoms with Crippen molar-refractivity contribution in [3.8, 4) is 0 Å². The summed E-state index contributed by atoms with van der Waals surface area (Å²) in [6.45, 7) is 9.95. The lowest BCUT2D eigenvalue weighted by Crippen LogP contribution is -2.25. The van der Waals surface area contributed by atoms with E-state index in [-0.39, 0.29) is 0 Å². The smallest absolute Gasteiger partial charge is 0.191 e. The Morgan fingerprint density at radius 2 is 1.83 bits per heavy atom. The molecule has 0 radical (unpaired) electrons. The maximum atomic E-state index is 5.76. The van der Waals surface area contributed by atoms with E-state index in [2.05, 4.69) is 43.0 Å². The van der Waals surface area contributed by atoms with Gasteiger partial charge in [0.15, 0.2) is 5.16 Å². The van der Waals surface area contributed by atoms with Crippen molar-refractivity contribution in [2.75, 3.05) is 23.9 Å². The first-order chi connectivity index (χ1) is 8.43. The van der Waals surface area contributed by atoms with Crippen molar-refractivity contribution < 1.29 is 0 Å². The molecule has 5 heteroatoms. The van der Waals surface area contributed by atoms with Crippen LogP contribution in [0.5, 0.6) is 0 Å². The number of nitrogens with zero attached hydrogens (tertiary/aromatic N) is 2. The predicted octanol–water partition coefficient (Wildman–Crippen LogP) is 3.12. The third kappa shape index (κ3) is 4.37. The Kier molecular flexibility index (Phi) is 5.72. The third-order valence-corrected chi connectivity index (χ3v) is 3.69. The summed E-state index contributed by atoms with van der Waals surface area (Å²) < 4.78 is 0. The Hall–Kier alpha value is -0.970. The van der Waals surface area contributed by atoms with Crippen LogP contribution < -0.4 is 11.1 Å². The van der Waals surface area contributed by atoms with Crippen LogP contribution >= 0.6 is 11.8 Å². The van der Waals surface area contributed by atoms with Crippen LogP contribution in [-0.2, 0) is 0 Å². The Labute approximate surface area is 114 Å². The molecule has 0 aliphatic rings. The molecule has 0 atom stereocenters. The molecular weight excluding hydrogens is 244 g/mol. The molecule has 0 aromatic carbocycles. The Bertz CT molecular complexity index is 371. The summed E-state index contributed by atoms with van der Waals surface area (Å²) in [7, 11) is 0. The lowest BCUT2D eigenvalue weighted by molar-refractivity contribution is 0.304. The third-order valence-electron chi connectivity index (χ3n) is 3.14. The van der Waals surface area contributed by atoms with Gasteiger partial charge in [0.2, 0.25) is 0 Å². The van der Waals surface area contributed by atoms with Crippen molar-refractivity contribution in [1.29, 1.82) is 0 Å². The quantitative estimate of drug-likeness (QED) is 0.613. The fourth-order valence-corrected chi connectivity index (χ4v) is 2.47. The fraction of sp³-hybridized carbons (Fsp3) is 0.692. The van der Waals surface area contributed by atoms with Crippen LogP contribution in [-0.4, -0.2) is 22.8 Å². The number of rotatable bonds is 6. The normalized spacial score (nSPS) is 11.6. The molecule has 18 heavy (non-hydrogen) atoms. The van der Waals surface area contributed by atoms with Gasteiger partial charge in [-0.15, -0.1) is 0 Å². The maximum Gasteiger partial charge on any atom is 0.191 e. The summed E-state index contributed by atoms with van der Waals surface area (Å²) in [6, 6.07) is 1.79. The number of anilines is 2. The van der Waals surface area contributed by atoms with Crippen LogP contribution in [0.4, 0.5) is 11.6 Å². The zero-order valence-electron chi connectivity index (χ0n) is 11.9. The molecule has 4 nitrogen and oxygen atoms in total. The minimum atomic E-state index is 0.516. The molecule has 1 aromatic rings. The van der Waals surface area contributed by atoms with Gasteiger partial charge in [0.25, 0.3) is 0 Å². The molecular formula is C13H24N4S. The molecule has 1 aromatic heterocycles. The van der Waals surface area contributed by atoms with Gasteiger partial charge in [0.1, 0.15) is 11.6 Å². The predicted molar refractivity (Wildman–Crippen MR) is 79.9 cm³/mol. The standard InChI is InChI=1S/C13H24N4S/c1-8(2)10(9(3)4)7-15-12-6-11(14)16-13(17-12)18-5/h6,8-10H,7H2,1-5H3,(H3,14,15,16,17). The minimum Gasteiger partial charge on any atom is -0.383 e. The van der Waals surface area contributed by atoms with Crippen molar-refractivity contribution in [2.24, 2.45) is 17.8 Å². The first kappa shape index (κ1) is 15.1. The number of aromatic nitrogens is 2. The fourth-order valence-electron chi connectivity index (χ4n) is 2.09. The van der Waals surface area contributed by atoms with E-state index in [0.717, 1.165) is 12.4 Å². The number of hydrogen-bond acceptors (Lipinski definition) is 5. The molecule has 0 aliphatic heterocycles. The topological polar surface area (TPSA) is 63.8 Å². The van der Waals surface area contributed by atoms with Crippen LogP contribution in [0.25, 0.3) is 0 Å². The molecule has 102 valence electrons.